The van der Waals surface area contributed by atoms with Crippen LogP contribution < -0.4 is 10.1 Å². The average molecular weight is 503 g/mol. The number of nitrogens with zero attached hydrogens (tertiary/aromatic N) is 2. The summed E-state index contributed by atoms with van der Waals surface area (Å²) in [5, 5.41) is 2.49. The van der Waals surface area contributed by atoms with Crippen LogP contribution in [0.5, 0.6) is 5.75 Å². The van der Waals surface area contributed by atoms with Gasteiger partial charge in [-0.15, -0.1) is 0 Å². The Balaban J connectivity index is 1.64. The van der Waals surface area contributed by atoms with E-state index in [0.29, 0.717) is 0 Å². The van der Waals surface area contributed by atoms with Crippen molar-refractivity contribution in [2.75, 3.05) is 7.11 Å². The molecular formula is C26H19BrN2O2S. The first kappa shape index (κ1) is 20.7. The van der Waals surface area contributed by atoms with Crippen LogP contribution in [0.25, 0.3) is 33.6 Å². The Kier molecular flexibility index (Phi) is 5.64. The molecule has 2 aromatic heterocycles. The summed E-state index contributed by atoms with van der Waals surface area (Å²) in [5.74, 6) is 1.55. The SMILES string of the molecule is COc1ccc(-c2cc(=Nc3nc(-c4ccc(Br)cc4)c(C)s3)c3ccccc3o2)cc1. The fourth-order valence-electron chi connectivity index (χ4n) is 3.52. The molecule has 0 unspecified atom stereocenters. The second kappa shape index (κ2) is 8.73. The van der Waals surface area contributed by atoms with Crippen molar-refractivity contribution >= 4 is 43.4 Å². The maximum Gasteiger partial charge on any atom is 0.210 e. The van der Waals surface area contributed by atoms with Gasteiger partial charge >= 0.3 is 0 Å². The molecule has 0 spiro atoms. The molecular weight excluding hydrogens is 484 g/mol. The van der Waals surface area contributed by atoms with E-state index in [0.717, 1.165) is 59.1 Å². The molecule has 2 heterocycles. The molecule has 0 saturated heterocycles. The third kappa shape index (κ3) is 4.11. The predicted octanol–water partition coefficient (Wildman–Crippen LogP) is 7.54. The van der Waals surface area contributed by atoms with Crippen LogP contribution in [0.3, 0.4) is 0 Å². The fraction of sp³-hybridized carbons (Fsp3) is 0.0769. The Morgan fingerprint density at radius 3 is 2.41 bits per heavy atom. The highest BCUT2D eigenvalue weighted by atomic mass is 79.9. The van der Waals surface area contributed by atoms with Crippen molar-refractivity contribution in [3.63, 3.8) is 0 Å². The number of fused-ring (bicyclic) bond motifs is 1. The number of benzene rings is 3. The number of methoxy groups -OCH3 is 1. The van der Waals surface area contributed by atoms with Crippen LogP contribution in [0.1, 0.15) is 4.88 Å². The molecule has 0 amide bonds. The molecule has 158 valence electrons. The van der Waals surface area contributed by atoms with Gasteiger partial charge in [-0.25, -0.2) is 9.98 Å². The van der Waals surface area contributed by atoms with E-state index in [1.54, 1.807) is 18.4 Å². The van der Waals surface area contributed by atoms with Gasteiger partial charge in [0.25, 0.3) is 0 Å². The van der Waals surface area contributed by atoms with Crippen molar-refractivity contribution in [2.45, 2.75) is 6.92 Å². The quantitative estimate of drug-likeness (QED) is 0.255. The number of thiazole rings is 1. The van der Waals surface area contributed by atoms with Gasteiger partial charge in [0.05, 0.1) is 18.2 Å². The molecule has 5 rings (SSSR count). The summed E-state index contributed by atoms with van der Waals surface area (Å²) in [4.78, 5) is 10.9. The number of aromatic nitrogens is 1. The summed E-state index contributed by atoms with van der Waals surface area (Å²) in [6.07, 6.45) is 0. The van der Waals surface area contributed by atoms with Crippen LogP contribution in [0.15, 0.2) is 92.7 Å². The molecule has 0 N–H and O–H groups in total. The smallest absolute Gasteiger partial charge is 0.210 e. The molecule has 4 nitrogen and oxygen atoms in total. The third-order valence-corrected chi connectivity index (χ3v) is 6.54. The molecule has 0 bridgehead atoms. The number of ether oxygens (including phenoxy) is 1. The van der Waals surface area contributed by atoms with E-state index in [4.69, 9.17) is 19.1 Å². The molecule has 0 aliphatic heterocycles. The number of rotatable bonds is 4. The highest BCUT2D eigenvalue weighted by molar-refractivity contribution is 9.10. The van der Waals surface area contributed by atoms with E-state index < -0.39 is 0 Å². The van der Waals surface area contributed by atoms with E-state index in [1.807, 2.05) is 66.7 Å². The summed E-state index contributed by atoms with van der Waals surface area (Å²) >= 11 is 5.08. The van der Waals surface area contributed by atoms with Crippen LogP contribution in [0.2, 0.25) is 0 Å². The first-order valence-corrected chi connectivity index (χ1v) is 11.7. The van der Waals surface area contributed by atoms with Gasteiger partial charge in [-0.2, -0.15) is 0 Å². The zero-order chi connectivity index (χ0) is 22.1. The number of halogens is 1. The van der Waals surface area contributed by atoms with Crippen LogP contribution in [-0.2, 0) is 0 Å². The van der Waals surface area contributed by atoms with Crippen LogP contribution in [0.4, 0.5) is 5.13 Å². The van der Waals surface area contributed by atoms with Gasteiger partial charge in [0, 0.05) is 31.9 Å². The Morgan fingerprint density at radius 2 is 1.66 bits per heavy atom. The highest BCUT2D eigenvalue weighted by Crippen LogP contribution is 2.32. The first-order valence-electron chi connectivity index (χ1n) is 10.1. The second-order valence-electron chi connectivity index (χ2n) is 7.24. The molecule has 5 aromatic rings. The van der Waals surface area contributed by atoms with Crippen molar-refractivity contribution in [1.29, 1.82) is 0 Å². The van der Waals surface area contributed by atoms with Crippen LogP contribution in [-0.4, -0.2) is 12.1 Å². The summed E-state index contributed by atoms with van der Waals surface area (Å²) in [7, 11) is 1.66. The number of para-hydroxylation sites is 1. The van der Waals surface area contributed by atoms with Gasteiger partial charge in [0.2, 0.25) is 5.13 Å². The molecule has 0 radical (unpaired) electrons. The molecule has 0 fully saturated rings. The van der Waals surface area contributed by atoms with Gasteiger partial charge in [-0.1, -0.05) is 51.5 Å². The van der Waals surface area contributed by atoms with E-state index in [1.165, 1.54) is 0 Å². The van der Waals surface area contributed by atoms with E-state index >= 15 is 0 Å². The number of aryl methyl sites for hydroxylation is 1. The normalized spacial score (nSPS) is 11.8. The molecule has 32 heavy (non-hydrogen) atoms. The Labute approximate surface area is 198 Å². The summed E-state index contributed by atoms with van der Waals surface area (Å²) < 4.78 is 12.5. The minimum absolute atomic E-state index is 0.720. The van der Waals surface area contributed by atoms with Crippen molar-refractivity contribution in [3.8, 4) is 28.3 Å². The molecule has 3 aromatic carbocycles. The van der Waals surface area contributed by atoms with Crippen LogP contribution >= 0.6 is 27.3 Å². The molecule has 0 saturated carbocycles. The van der Waals surface area contributed by atoms with Crippen molar-refractivity contribution in [3.05, 3.63) is 93.6 Å². The molecule has 0 aliphatic rings. The topological polar surface area (TPSA) is 47.6 Å². The lowest BCUT2D eigenvalue weighted by molar-refractivity contribution is 0.415. The Bertz CT molecular complexity index is 1470. The largest absolute Gasteiger partial charge is 0.497 e. The van der Waals surface area contributed by atoms with E-state index in [-0.39, 0.29) is 0 Å². The average Bonchev–Trinajstić information content (AvgIpc) is 3.19. The second-order valence-corrected chi connectivity index (χ2v) is 9.34. The van der Waals surface area contributed by atoms with Gasteiger partial charge in [0.15, 0.2) is 0 Å². The zero-order valence-corrected chi connectivity index (χ0v) is 19.9. The summed E-state index contributed by atoms with van der Waals surface area (Å²) in [6, 6.07) is 25.9. The maximum atomic E-state index is 6.19. The predicted molar refractivity (Wildman–Crippen MR) is 133 cm³/mol. The minimum Gasteiger partial charge on any atom is -0.497 e. The molecule has 0 aliphatic carbocycles. The Morgan fingerprint density at radius 1 is 0.938 bits per heavy atom. The number of hydrogen-bond donors (Lipinski definition) is 0. The van der Waals surface area contributed by atoms with E-state index in [9.17, 15) is 0 Å². The maximum absolute atomic E-state index is 6.19. The lowest BCUT2D eigenvalue weighted by Gasteiger charge is -2.06. The lowest BCUT2D eigenvalue weighted by atomic mass is 10.1. The highest BCUT2D eigenvalue weighted by Gasteiger charge is 2.11. The molecule has 0 atom stereocenters. The van der Waals surface area contributed by atoms with Gasteiger partial charge < -0.3 is 9.15 Å². The summed E-state index contributed by atoms with van der Waals surface area (Å²) in [5.41, 5.74) is 3.77. The molecule has 6 heteroatoms. The van der Waals surface area contributed by atoms with Gasteiger partial charge in [-0.05, 0) is 55.5 Å². The Hall–Kier alpha value is -3.22. The first-order chi connectivity index (χ1) is 15.6. The standard InChI is InChI=1S/C26H19BrN2O2S/c1-16-25(18-7-11-19(27)12-8-18)29-26(32-16)28-22-15-24(17-9-13-20(30-2)14-10-17)31-23-6-4-3-5-21(22)23/h3-15H,1-2H3. The van der Waals surface area contributed by atoms with Crippen molar-refractivity contribution in [2.24, 2.45) is 4.99 Å². The van der Waals surface area contributed by atoms with Crippen LogP contribution in [0, 0.1) is 6.92 Å². The van der Waals surface area contributed by atoms with Gasteiger partial charge in [-0.3, -0.25) is 0 Å². The van der Waals surface area contributed by atoms with Gasteiger partial charge in [0.1, 0.15) is 17.1 Å². The fourth-order valence-corrected chi connectivity index (χ4v) is 4.60. The number of hydrogen-bond acceptors (Lipinski definition) is 5. The van der Waals surface area contributed by atoms with E-state index in [2.05, 4.69) is 35.0 Å². The zero-order valence-electron chi connectivity index (χ0n) is 17.5. The summed E-state index contributed by atoms with van der Waals surface area (Å²) in [6.45, 7) is 2.08. The van der Waals surface area contributed by atoms with Crippen molar-refractivity contribution in [1.82, 2.24) is 4.98 Å². The third-order valence-electron chi connectivity index (χ3n) is 5.14. The minimum atomic E-state index is 0.720. The van der Waals surface area contributed by atoms with Crippen molar-refractivity contribution < 1.29 is 9.15 Å². The lowest BCUT2D eigenvalue weighted by Crippen LogP contribution is -2.03. The monoisotopic (exact) mass is 502 g/mol.